The molecule has 26 heavy (non-hydrogen) atoms. The molecule has 2 unspecified atom stereocenters. The van der Waals surface area contributed by atoms with E-state index >= 15 is 0 Å². The SMILES string of the molecule is CN1c2ccc(/C=C/C(=O)N(CC(=O)O)C(=S)S)cc2C2COCCC21. The molecule has 0 radical (unpaired) electrons. The quantitative estimate of drug-likeness (QED) is 0.465. The Morgan fingerprint density at radius 2 is 2.27 bits per heavy atom. The largest absolute Gasteiger partial charge is 0.480 e. The van der Waals surface area contributed by atoms with E-state index in [9.17, 15) is 9.59 Å². The van der Waals surface area contributed by atoms with Crippen molar-refractivity contribution in [3.63, 3.8) is 0 Å². The van der Waals surface area contributed by atoms with Crippen molar-refractivity contribution in [3.05, 3.63) is 35.4 Å². The van der Waals surface area contributed by atoms with Gasteiger partial charge in [-0.25, -0.2) is 0 Å². The summed E-state index contributed by atoms with van der Waals surface area (Å²) < 4.78 is 5.57. The molecule has 2 heterocycles. The van der Waals surface area contributed by atoms with Gasteiger partial charge in [-0.1, -0.05) is 18.3 Å². The molecule has 0 bridgehead atoms. The van der Waals surface area contributed by atoms with Crippen molar-refractivity contribution in [1.29, 1.82) is 0 Å². The van der Waals surface area contributed by atoms with Gasteiger partial charge in [-0.3, -0.25) is 14.5 Å². The molecule has 3 rings (SSSR count). The molecular weight excluding hydrogens is 372 g/mol. The van der Waals surface area contributed by atoms with E-state index in [4.69, 9.17) is 22.1 Å². The fraction of sp³-hybridized carbons (Fsp3) is 0.389. The van der Waals surface area contributed by atoms with Gasteiger partial charge in [0.15, 0.2) is 0 Å². The van der Waals surface area contributed by atoms with Crippen molar-refractivity contribution in [1.82, 2.24) is 4.90 Å². The Bertz CT molecular complexity index is 780. The number of nitrogens with zero attached hydrogens (tertiary/aromatic N) is 2. The topological polar surface area (TPSA) is 70.1 Å². The van der Waals surface area contributed by atoms with Crippen LogP contribution in [0.25, 0.3) is 6.08 Å². The third kappa shape index (κ3) is 3.77. The van der Waals surface area contributed by atoms with Gasteiger partial charge in [0.25, 0.3) is 5.91 Å². The molecule has 8 heteroatoms. The number of amides is 1. The summed E-state index contributed by atoms with van der Waals surface area (Å²) in [5, 5.41) is 8.88. The van der Waals surface area contributed by atoms with Crippen molar-refractivity contribution in [2.24, 2.45) is 0 Å². The molecule has 1 aromatic rings. The summed E-state index contributed by atoms with van der Waals surface area (Å²) in [6.45, 7) is 0.972. The van der Waals surface area contributed by atoms with E-state index in [-0.39, 0.29) is 4.32 Å². The highest BCUT2D eigenvalue weighted by atomic mass is 32.1. The Hall–Kier alpha value is -1.90. The van der Waals surface area contributed by atoms with Crippen molar-refractivity contribution >= 4 is 52.8 Å². The number of ether oxygens (including phenoxy) is 1. The molecule has 1 N–H and O–H groups in total. The van der Waals surface area contributed by atoms with E-state index in [0.29, 0.717) is 18.6 Å². The second-order valence-electron chi connectivity index (χ2n) is 6.40. The van der Waals surface area contributed by atoms with Crippen LogP contribution in [-0.2, 0) is 14.3 Å². The predicted octanol–water partition coefficient (Wildman–Crippen LogP) is 2.15. The predicted molar refractivity (Wildman–Crippen MR) is 107 cm³/mol. The number of hydrogen-bond donors (Lipinski definition) is 2. The lowest BCUT2D eigenvalue weighted by Gasteiger charge is -2.30. The van der Waals surface area contributed by atoms with Gasteiger partial charge in [0, 0.05) is 37.4 Å². The molecule has 0 spiro atoms. The maximum absolute atomic E-state index is 12.2. The first-order chi connectivity index (χ1) is 12.4. The van der Waals surface area contributed by atoms with Crippen LogP contribution in [0.4, 0.5) is 5.69 Å². The van der Waals surface area contributed by atoms with Crippen LogP contribution in [0.3, 0.4) is 0 Å². The molecule has 1 fully saturated rings. The number of benzene rings is 1. The monoisotopic (exact) mass is 392 g/mol. The highest BCUT2D eigenvalue weighted by Gasteiger charge is 2.38. The smallest absolute Gasteiger partial charge is 0.323 e. The van der Waals surface area contributed by atoms with Crippen LogP contribution in [0, 0.1) is 0 Å². The number of aliphatic carboxylic acids is 1. The van der Waals surface area contributed by atoms with Gasteiger partial charge in [-0.15, -0.1) is 12.6 Å². The van der Waals surface area contributed by atoms with Crippen LogP contribution in [0.2, 0.25) is 0 Å². The van der Waals surface area contributed by atoms with E-state index < -0.39 is 18.4 Å². The standard InChI is InChI=1S/C18H20N2O4S2/c1-19-14-4-2-11(8-12(14)13-10-24-7-6-15(13)19)3-5-16(21)20(18(25)26)9-17(22)23/h2-5,8,13,15H,6-7,9-10H2,1H3,(H,22,23)(H,25,26)/b5-3+. The number of thiol groups is 1. The van der Waals surface area contributed by atoms with E-state index in [1.54, 1.807) is 6.08 Å². The van der Waals surface area contributed by atoms with Crippen LogP contribution in [0.5, 0.6) is 0 Å². The minimum absolute atomic E-state index is 0.0696. The lowest BCUT2D eigenvalue weighted by atomic mass is 9.91. The zero-order valence-electron chi connectivity index (χ0n) is 14.3. The molecule has 138 valence electrons. The molecule has 2 aliphatic rings. The average molecular weight is 393 g/mol. The second-order valence-corrected chi connectivity index (χ2v) is 7.51. The van der Waals surface area contributed by atoms with Crippen LogP contribution in [0.1, 0.15) is 23.5 Å². The zero-order valence-corrected chi connectivity index (χ0v) is 16.0. The molecule has 2 atom stereocenters. The van der Waals surface area contributed by atoms with Crippen LogP contribution < -0.4 is 4.90 Å². The molecular formula is C18H20N2O4S2. The Labute approximate surface area is 162 Å². The van der Waals surface area contributed by atoms with Crippen LogP contribution >= 0.6 is 24.8 Å². The molecule has 0 aromatic heterocycles. The molecule has 1 aromatic carbocycles. The first-order valence-electron chi connectivity index (χ1n) is 8.27. The number of hydrogen-bond acceptors (Lipinski definition) is 5. The minimum atomic E-state index is -1.15. The summed E-state index contributed by atoms with van der Waals surface area (Å²) >= 11 is 8.76. The van der Waals surface area contributed by atoms with Gasteiger partial charge in [0.1, 0.15) is 10.9 Å². The number of likely N-dealkylation sites (N-methyl/N-ethyl adjacent to an activating group) is 1. The van der Waals surface area contributed by atoms with Gasteiger partial charge < -0.3 is 14.7 Å². The Morgan fingerprint density at radius 1 is 1.50 bits per heavy atom. The normalized spacial score (nSPS) is 21.4. The van der Waals surface area contributed by atoms with Gasteiger partial charge in [0.2, 0.25) is 0 Å². The fourth-order valence-electron chi connectivity index (χ4n) is 3.59. The zero-order chi connectivity index (χ0) is 18.8. The maximum atomic E-state index is 12.2. The number of fused-ring (bicyclic) bond motifs is 3. The summed E-state index contributed by atoms with van der Waals surface area (Å²) in [5.41, 5.74) is 3.29. The van der Waals surface area contributed by atoms with Crippen molar-refractivity contribution in [2.75, 3.05) is 31.7 Å². The number of carbonyl (C=O) groups excluding carboxylic acids is 1. The summed E-state index contributed by atoms with van der Waals surface area (Å²) in [5.74, 6) is -1.32. The first kappa shape index (κ1) is 18.9. The summed E-state index contributed by atoms with van der Waals surface area (Å²) in [4.78, 5) is 26.3. The summed E-state index contributed by atoms with van der Waals surface area (Å²) in [6, 6.07) is 6.51. The van der Waals surface area contributed by atoms with Crippen LogP contribution in [-0.4, -0.2) is 59.1 Å². The number of carboxylic acid groups (broad SMARTS) is 1. The number of carboxylic acids is 1. The first-order valence-corrected chi connectivity index (χ1v) is 9.13. The maximum Gasteiger partial charge on any atom is 0.323 e. The van der Waals surface area contributed by atoms with E-state index in [0.717, 1.165) is 23.5 Å². The number of thiocarbonyl (C=S) groups is 1. The van der Waals surface area contributed by atoms with Crippen molar-refractivity contribution < 1.29 is 19.4 Å². The molecule has 1 saturated heterocycles. The third-order valence-electron chi connectivity index (χ3n) is 4.86. The van der Waals surface area contributed by atoms with Gasteiger partial charge >= 0.3 is 5.97 Å². The van der Waals surface area contributed by atoms with Gasteiger partial charge in [-0.05, 0) is 35.8 Å². The van der Waals surface area contributed by atoms with Crippen molar-refractivity contribution in [2.45, 2.75) is 18.4 Å². The lowest BCUT2D eigenvalue weighted by molar-refractivity contribution is -0.140. The summed E-state index contributed by atoms with van der Waals surface area (Å²) in [7, 11) is 2.10. The lowest BCUT2D eigenvalue weighted by Crippen LogP contribution is -2.36. The molecule has 0 saturated carbocycles. The fourth-order valence-corrected chi connectivity index (χ4v) is 3.92. The highest BCUT2D eigenvalue weighted by molar-refractivity contribution is 8.11. The number of carbonyl (C=O) groups is 2. The van der Waals surface area contributed by atoms with Gasteiger partial charge in [-0.2, -0.15) is 0 Å². The van der Waals surface area contributed by atoms with E-state index in [1.807, 2.05) is 6.07 Å². The molecule has 0 aliphatic carbocycles. The molecule has 1 amide bonds. The Balaban J connectivity index is 1.79. The Morgan fingerprint density at radius 3 is 2.96 bits per heavy atom. The highest BCUT2D eigenvalue weighted by Crippen LogP contribution is 2.43. The van der Waals surface area contributed by atoms with Crippen LogP contribution in [0.15, 0.2) is 24.3 Å². The van der Waals surface area contributed by atoms with E-state index in [1.165, 1.54) is 17.3 Å². The third-order valence-corrected chi connectivity index (χ3v) is 5.32. The molecule has 2 aliphatic heterocycles. The number of anilines is 1. The summed E-state index contributed by atoms with van der Waals surface area (Å²) in [6.07, 6.45) is 3.99. The van der Waals surface area contributed by atoms with Gasteiger partial charge in [0.05, 0.1) is 6.61 Å². The average Bonchev–Trinajstić information content (AvgIpc) is 2.90. The minimum Gasteiger partial charge on any atom is -0.480 e. The second kappa shape index (κ2) is 7.77. The molecule has 6 nitrogen and oxygen atoms in total. The van der Waals surface area contributed by atoms with Crippen molar-refractivity contribution in [3.8, 4) is 0 Å². The number of rotatable bonds is 4. The Kier molecular flexibility index (Phi) is 5.64. The van der Waals surface area contributed by atoms with E-state index in [2.05, 4.69) is 36.7 Å².